The van der Waals surface area contributed by atoms with E-state index >= 15 is 0 Å². The van der Waals surface area contributed by atoms with Gasteiger partial charge in [-0.2, -0.15) is 5.26 Å². The average Bonchev–Trinajstić information content (AvgIpc) is 2.47. The van der Waals surface area contributed by atoms with Crippen LogP contribution in [0, 0.1) is 11.3 Å². The molecule has 0 atom stereocenters. The Kier molecular flexibility index (Phi) is 4.83. The molecule has 1 aliphatic heterocycles. The van der Waals surface area contributed by atoms with Crippen LogP contribution in [0.25, 0.3) is 0 Å². The smallest absolute Gasteiger partial charge is 0.255 e. The molecule has 5 heteroatoms. The standard InChI is InChI=1S/C14H17N3OS/c1-19-13-5-3-2-4-12(13)14(18)17-10-8-16(7-6-15)9-11-17/h2-5H,7-11H2,1H3. The molecule has 0 saturated carbocycles. The summed E-state index contributed by atoms with van der Waals surface area (Å²) < 4.78 is 0. The molecule has 1 heterocycles. The van der Waals surface area contributed by atoms with Crippen LogP contribution in [0.15, 0.2) is 29.2 Å². The van der Waals surface area contributed by atoms with Gasteiger partial charge in [0.05, 0.1) is 18.2 Å². The van der Waals surface area contributed by atoms with Crippen LogP contribution in [-0.4, -0.2) is 54.7 Å². The lowest BCUT2D eigenvalue weighted by molar-refractivity contribution is 0.0648. The van der Waals surface area contributed by atoms with E-state index in [1.807, 2.05) is 35.4 Å². The first-order chi connectivity index (χ1) is 9.26. The number of nitriles is 1. The molecule has 100 valence electrons. The fraction of sp³-hybridized carbons (Fsp3) is 0.429. The Morgan fingerprint density at radius 1 is 1.32 bits per heavy atom. The maximum absolute atomic E-state index is 12.5. The predicted octanol–water partition coefficient (Wildman–Crippen LogP) is 1.69. The Bertz CT molecular complexity index is 490. The van der Waals surface area contributed by atoms with E-state index in [0.29, 0.717) is 19.6 Å². The third-order valence-electron chi connectivity index (χ3n) is 3.29. The van der Waals surface area contributed by atoms with Crippen molar-refractivity contribution < 1.29 is 4.79 Å². The van der Waals surface area contributed by atoms with Gasteiger partial charge in [-0.15, -0.1) is 11.8 Å². The van der Waals surface area contributed by atoms with E-state index in [4.69, 9.17) is 5.26 Å². The van der Waals surface area contributed by atoms with E-state index in [1.54, 1.807) is 11.8 Å². The van der Waals surface area contributed by atoms with Crippen LogP contribution >= 0.6 is 11.8 Å². The summed E-state index contributed by atoms with van der Waals surface area (Å²) in [6.45, 7) is 3.40. The molecule has 0 radical (unpaired) electrons. The number of thioether (sulfide) groups is 1. The van der Waals surface area contributed by atoms with E-state index in [-0.39, 0.29) is 5.91 Å². The van der Waals surface area contributed by atoms with Crippen molar-refractivity contribution in [1.29, 1.82) is 5.26 Å². The Balaban J connectivity index is 2.03. The number of piperazine rings is 1. The van der Waals surface area contributed by atoms with Crippen molar-refractivity contribution >= 4 is 17.7 Å². The Morgan fingerprint density at radius 3 is 2.63 bits per heavy atom. The van der Waals surface area contributed by atoms with Crippen LogP contribution in [0.1, 0.15) is 10.4 Å². The van der Waals surface area contributed by atoms with Crippen LogP contribution in [-0.2, 0) is 0 Å². The first-order valence-corrected chi connectivity index (χ1v) is 7.50. The first-order valence-electron chi connectivity index (χ1n) is 6.28. The van der Waals surface area contributed by atoms with Crippen molar-refractivity contribution in [2.45, 2.75) is 4.90 Å². The lowest BCUT2D eigenvalue weighted by Crippen LogP contribution is -2.48. The molecule has 0 unspecified atom stereocenters. The number of hydrogen-bond acceptors (Lipinski definition) is 4. The topological polar surface area (TPSA) is 47.3 Å². The highest BCUT2D eigenvalue weighted by atomic mass is 32.2. The van der Waals surface area contributed by atoms with Crippen LogP contribution in [0.4, 0.5) is 0 Å². The minimum Gasteiger partial charge on any atom is -0.336 e. The van der Waals surface area contributed by atoms with E-state index in [0.717, 1.165) is 23.5 Å². The molecule has 1 fully saturated rings. The SMILES string of the molecule is CSc1ccccc1C(=O)N1CCN(CC#N)CC1. The van der Waals surface area contributed by atoms with Gasteiger partial charge in [-0.25, -0.2) is 0 Å². The first kappa shape index (κ1) is 13.9. The van der Waals surface area contributed by atoms with Gasteiger partial charge in [0, 0.05) is 31.1 Å². The monoisotopic (exact) mass is 275 g/mol. The van der Waals surface area contributed by atoms with Gasteiger partial charge < -0.3 is 4.90 Å². The van der Waals surface area contributed by atoms with Gasteiger partial charge in [-0.1, -0.05) is 12.1 Å². The summed E-state index contributed by atoms with van der Waals surface area (Å²) in [6, 6.07) is 9.86. The van der Waals surface area contributed by atoms with Crippen LogP contribution < -0.4 is 0 Å². The third kappa shape index (κ3) is 3.28. The van der Waals surface area contributed by atoms with E-state index < -0.39 is 0 Å². The number of rotatable bonds is 3. The van der Waals surface area contributed by atoms with Crippen molar-refractivity contribution in [2.75, 3.05) is 39.0 Å². The Morgan fingerprint density at radius 2 is 2.00 bits per heavy atom. The lowest BCUT2D eigenvalue weighted by atomic mass is 10.2. The molecule has 19 heavy (non-hydrogen) atoms. The minimum absolute atomic E-state index is 0.0987. The summed E-state index contributed by atoms with van der Waals surface area (Å²) in [7, 11) is 0. The Labute approximate surface area is 118 Å². The van der Waals surface area contributed by atoms with Gasteiger partial charge in [0.2, 0.25) is 0 Å². The normalized spacial score (nSPS) is 16.1. The molecular formula is C14H17N3OS. The zero-order valence-electron chi connectivity index (χ0n) is 11.0. The minimum atomic E-state index is 0.0987. The van der Waals surface area contributed by atoms with Crippen LogP contribution in [0.3, 0.4) is 0 Å². The molecule has 0 spiro atoms. The van der Waals surface area contributed by atoms with E-state index in [2.05, 4.69) is 11.0 Å². The van der Waals surface area contributed by atoms with Gasteiger partial charge >= 0.3 is 0 Å². The average molecular weight is 275 g/mol. The second-order valence-electron chi connectivity index (χ2n) is 4.43. The van der Waals surface area contributed by atoms with Gasteiger partial charge in [0.25, 0.3) is 5.91 Å². The van der Waals surface area contributed by atoms with Crippen molar-refractivity contribution in [3.05, 3.63) is 29.8 Å². The second-order valence-corrected chi connectivity index (χ2v) is 5.27. The summed E-state index contributed by atoms with van der Waals surface area (Å²) in [6.07, 6.45) is 1.98. The maximum atomic E-state index is 12.5. The highest BCUT2D eigenvalue weighted by molar-refractivity contribution is 7.98. The van der Waals surface area contributed by atoms with Gasteiger partial charge in [-0.05, 0) is 18.4 Å². The highest BCUT2D eigenvalue weighted by Gasteiger charge is 2.23. The lowest BCUT2D eigenvalue weighted by Gasteiger charge is -2.33. The van der Waals surface area contributed by atoms with Gasteiger partial charge in [-0.3, -0.25) is 9.69 Å². The van der Waals surface area contributed by atoms with Gasteiger partial charge in [0.1, 0.15) is 0 Å². The van der Waals surface area contributed by atoms with Crippen molar-refractivity contribution in [3.63, 3.8) is 0 Å². The summed E-state index contributed by atoms with van der Waals surface area (Å²) in [5.41, 5.74) is 0.781. The van der Waals surface area contributed by atoms with Crippen molar-refractivity contribution in [1.82, 2.24) is 9.80 Å². The molecule has 0 aliphatic carbocycles. The zero-order valence-corrected chi connectivity index (χ0v) is 11.8. The summed E-state index contributed by atoms with van der Waals surface area (Å²) in [4.78, 5) is 17.4. The molecule has 1 aromatic rings. The number of amides is 1. The van der Waals surface area contributed by atoms with Crippen molar-refractivity contribution in [3.8, 4) is 6.07 Å². The molecule has 4 nitrogen and oxygen atoms in total. The number of carbonyl (C=O) groups excluding carboxylic acids is 1. The molecule has 0 N–H and O–H groups in total. The summed E-state index contributed by atoms with van der Waals surface area (Å²) >= 11 is 1.60. The van der Waals surface area contributed by atoms with Crippen LogP contribution in [0.5, 0.6) is 0 Å². The quantitative estimate of drug-likeness (QED) is 0.622. The van der Waals surface area contributed by atoms with Gasteiger partial charge in [0.15, 0.2) is 0 Å². The predicted molar refractivity (Wildman–Crippen MR) is 76.2 cm³/mol. The molecular weight excluding hydrogens is 258 g/mol. The largest absolute Gasteiger partial charge is 0.336 e. The third-order valence-corrected chi connectivity index (χ3v) is 4.09. The molecule has 1 amide bonds. The number of hydrogen-bond donors (Lipinski definition) is 0. The molecule has 0 aromatic heterocycles. The molecule has 1 aliphatic rings. The fourth-order valence-electron chi connectivity index (χ4n) is 2.20. The fourth-order valence-corrected chi connectivity index (χ4v) is 2.79. The summed E-state index contributed by atoms with van der Waals surface area (Å²) in [5, 5.41) is 8.66. The maximum Gasteiger partial charge on any atom is 0.255 e. The number of carbonyl (C=O) groups is 1. The van der Waals surface area contributed by atoms with Crippen molar-refractivity contribution in [2.24, 2.45) is 0 Å². The highest BCUT2D eigenvalue weighted by Crippen LogP contribution is 2.21. The van der Waals surface area contributed by atoms with E-state index in [1.165, 1.54) is 0 Å². The summed E-state index contributed by atoms with van der Waals surface area (Å²) in [5.74, 6) is 0.0987. The molecule has 1 saturated heterocycles. The molecule has 2 rings (SSSR count). The van der Waals surface area contributed by atoms with E-state index in [9.17, 15) is 4.79 Å². The Hall–Kier alpha value is -1.51. The number of benzene rings is 1. The van der Waals surface area contributed by atoms with Crippen LogP contribution in [0.2, 0.25) is 0 Å². The molecule has 0 bridgehead atoms. The molecule has 1 aromatic carbocycles. The number of nitrogens with zero attached hydrogens (tertiary/aromatic N) is 3. The zero-order chi connectivity index (χ0) is 13.7. The second kappa shape index (κ2) is 6.60.